The Morgan fingerprint density at radius 1 is 1.27 bits per heavy atom. The molecule has 0 bridgehead atoms. The number of nitrogens with zero attached hydrogens (tertiary/aromatic N) is 5. The third-order valence-electron chi connectivity index (χ3n) is 5.46. The van der Waals surface area contributed by atoms with Gasteiger partial charge in [-0.25, -0.2) is 9.97 Å². The van der Waals surface area contributed by atoms with E-state index in [-0.39, 0.29) is 11.9 Å². The van der Waals surface area contributed by atoms with Gasteiger partial charge in [0.1, 0.15) is 23.3 Å². The molecule has 1 fully saturated rings. The van der Waals surface area contributed by atoms with Gasteiger partial charge in [-0.2, -0.15) is 9.61 Å². The predicted octanol–water partition coefficient (Wildman–Crippen LogP) is 1.03. The van der Waals surface area contributed by atoms with Crippen LogP contribution in [-0.2, 0) is 4.74 Å². The van der Waals surface area contributed by atoms with Crippen LogP contribution in [0.25, 0.3) is 28.3 Å². The number of carbonyl (C=O) groups excluding carboxylic acids is 1. The van der Waals surface area contributed by atoms with Gasteiger partial charge >= 0.3 is 0 Å². The molecule has 1 amide bonds. The molecule has 5 heterocycles. The molecule has 0 aliphatic carbocycles. The Balaban J connectivity index is 1.65. The van der Waals surface area contributed by atoms with E-state index in [0.717, 1.165) is 17.0 Å². The molecule has 30 heavy (non-hydrogen) atoms. The number of aliphatic hydroxyl groups is 1. The van der Waals surface area contributed by atoms with E-state index in [1.165, 1.54) is 6.20 Å². The van der Waals surface area contributed by atoms with Gasteiger partial charge in [-0.05, 0) is 12.1 Å². The lowest BCUT2D eigenvalue weighted by molar-refractivity contribution is 0.0964. The highest BCUT2D eigenvalue weighted by Crippen LogP contribution is 2.36. The molecule has 154 valence electrons. The maximum absolute atomic E-state index is 12.2. The minimum Gasteiger partial charge on any atom is -0.388 e. The van der Waals surface area contributed by atoms with E-state index >= 15 is 0 Å². The van der Waals surface area contributed by atoms with Gasteiger partial charge in [0.15, 0.2) is 5.65 Å². The minimum atomic E-state index is -0.576. The summed E-state index contributed by atoms with van der Waals surface area (Å²) in [6.45, 7) is 0.751. The van der Waals surface area contributed by atoms with E-state index in [1.54, 1.807) is 24.8 Å². The first-order chi connectivity index (χ1) is 14.6. The van der Waals surface area contributed by atoms with Crippen LogP contribution in [0, 0.1) is 0 Å². The van der Waals surface area contributed by atoms with Crippen molar-refractivity contribution >= 4 is 17.4 Å². The predicted molar refractivity (Wildman–Crippen MR) is 110 cm³/mol. The number of pyridine rings is 1. The maximum atomic E-state index is 12.2. The number of aromatic nitrogens is 5. The molecule has 3 N–H and O–H groups in total. The molecule has 2 atom stereocenters. The van der Waals surface area contributed by atoms with Crippen molar-refractivity contribution in [2.45, 2.75) is 12.1 Å². The number of nitrogens with one attached hydrogen (secondary N) is 2. The first kappa shape index (κ1) is 18.5. The molecule has 2 aromatic rings. The number of aliphatic hydroxyl groups excluding tert-OH is 1. The number of amides is 1. The summed E-state index contributed by atoms with van der Waals surface area (Å²) in [6.07, 6.45) is 4.59. The molecule has 0 radical (unpaired) electrons. The van der Waals surface area contributed by atoms with Crippen molar-refractivity contribution in [3.8, 4) is 22.6 Å². The van der Waals surface area contributed by atoms with Crippen LogP contribution in [0.4, 0.5) is 5.82 Å². The fourth-order valence-electron chi connectivity index (χ4n) is 3.90. The van der Waals surface area contributed by atoms with Gasteiger partial charge in [0.25, 0.3) is 5.91 Å². The van der Waals surface area contributed by atoms with Crippen LogP contribution in [-0.4, -0.2) is 68.6 Å². The minimum absolute atomic E-state index is 0.186. The van der Waals surface area contributed by atoms with Crippen molar-refractivity contribution in [3.05, 3.63) is 42.4 Å². The second-order valence-corrected chi connectivity index (χ2v) is 7.15. The second-order valence-electron chi connectivity index (χ2n) is 7.15. The third kappa shape index (κ3) is 2.72. The molecule has 0 saturated carbocycles. The second kappa shape index (κ2) is 7.08. The Kier molecular flexibility index (Phi) is 4.37. The molecule has 3 aliphatic heterocycles. The number of carbonyl (C=O) groups is 1. The Morgan fingerprint density at radius 2 is 2.13 bits per heavy atom. The molecular formula is C20H21N7O3. The zero-order valence-corrected chi connectivity index (χ0v) is 16.5. The molecular weight excluding hydrogens is 386 g/mol. The van der Waals surface area contributed by atoms with Crippen molar-refractivity contribution in [1.82, 2.24) is 29.5 Å². The highest BCUT2D eigenvalue weighted by atomic mass is 16.5. The summed E-state index contributed by atoms with van der Waals surface area (Å²) < 4.78 is 8.96. The van der Waals surface area contributed by atoms with Crippen molar-refractivity contribution in [1.29, 1.82) is 0 Å². The number of hydrogen-bond donors (Lipinski definition) is 3. The number of rotatable bonds is 4. The van der Waals surface area contributed by atoms with E-state index in [2.05, 4.69) is 20.7 Å². The Morgan fingerprint density at radius 3 is 2.87 bits per heavy atom. The van der Waals surface area contributed by atoms with E-state index in [0.29, 0.717) is 35.9 Å². The van der Waals surface area contributed by atoms with Crippen LogP contribution >= 0.6 is 0 Å². The van der Waals surface area contributed by atoms with Crippen LogP contribution < -0.4 is 10.6 Å². The number of hydrogen-bond acceptors (Lipinski definition) is 7. The molecule has 5 rings (SSSR count). The first-order valence-corrected chi connectivity index (χ1v) is 9.62. The number of ether oxygens (including phenoxy) is 1. The van der Waals surface area contributed by atoms with E-state index in [1.807, 2.05) is 29.0 Å². The van der Waals surface area contributed by atoms with Gasteiger partial charge in [-0.1, -0.05) is 0 Å². The SMILES string of the molecule is CNC(=O)c1cnn2c(NC)cc(-c3cnc4n([C@@H]5COC[C@H]5O)cccc3-4)nc12. The third-order valence-corrected chi connectivity index (χ3v) is 5.46. The smallest absolute Gasteiger partial charge is 0.256 e. The number of fused-ring (bicyclic) bond motifs is 2. The Bertz CT molecular complexity index is 1210. The summed E-state index contributed by atoms with van der Waals surface area (Å²) in [5, 5.41) is 20.3. The molecule has 0 aromatic carbocycles. The van der Waals surface area contributed by atoms with Crippen LogP contribution in [0.1, 0.15) is 16.4 Å². The van der Waals surface area contributed by atoms with Gasteiger partial charge in [-0.15, -0.1) is 0 Å². The van der Waals surface area contributed by atoms with Crippen molar-refractivity contribution < 1.29 is 14.6 Å². The molecule has 2 aromatic heterocycles. The zero-order chi connectivity index (χ0) is 20.8. The quantitative estimate of drug-likeness (QED) is 0.462. The molecule has 0 spiro atoms. The maximum Gasteiger partial charge on any atom is 0.256 e. The first-order valence-electron chi connectivity index (χ1n) is 9.62. The van der Waals surface area contributed by atoms with Crippen molar-refractivity contribution in [2.24, 2.45) is 0 Å². The highest BCUT2D eigenvalue weighted by molar-refractivity contribution is 6.00. The van der Waals surface area contributed by atoms with Crippen molar-refractivity contribution in [2.75, 3.05) is 32.6 Å². The summed E-state index contributed by atoms with van der Waals surface area (Å²) >= 11 is 0. The van der Waals surface area contributed by atoms with Gasteiger partial charge in [0, 0.05) is 43.7 Å². The fraction of sp³-hybridized carbons (Fsp3) is 0.300. The molecule has 0 unspecified atom stereocenters. The average Bonchev–Trinajstić information content (AvgIpc) is 3.49. The normalized spacial score (nSPS) is 18.9. The van der Waals surface area contributed by atoms with Crippen LogP contribution in [0.3, 0.4) is 0 Å². The van der Waals surface area contributed by atoms with E-state index in [4.69, 9.17) is 9.72 Å². The fourth-order valence-corrected chi connectivity index (χ4v) is 3.90. The zero-order valence-electron chi connectivity index (χ0n) is 16.5. The summed E-state index contributed by atoms with van der Waals surface area (Å²) in [5.41, 5.74) is 3.24. The number of anilines is 1. The lowest BCUT2D eigenvalue weighted by Gasteiger charge is -2.20. The standard InChI is InChI=1S/C20H21N7O3/c1-21-17-6-14(25-19-13(20(29)22-2)8-24-27(17)19)12-7-23-18-11(12)4-3-5-26(18)15-9-30-10-16(15)28/h3-8,15-16,21,28H,9-10H2,1-2H3,(H,22,29)/t15-,16-/m1/s1. The highest BCUT2D eigenvalue weighted by Gasteiger charge is 2.30. The molecule has 10 heteroatoms. The van der Waals surface area contributed by atoms with Crippen LogP contribution in [0.15, 0.2) is 36.8 Å². The lowest BCUT2D eigenvalue weighted by atomic mass is 10.1. The van der Waals surface area contributed by atoms with E-state index < -0.39 is 6.10 Å². The van der Waals surface area contributed by atoms with Crippen LogP contribution in [0.2, 0.25) is 0 Å². The van der Waals surface area contributed by atoms with E-state index in [9.17, 15) is 9.90 Å². The van der Waals surface area contributed by atoms with Gasteiger partial charge in [0.2, 0.25) is 0 Å². The van der Waals surface area contributed by atoms with Gasteiger partial charge in [-0.3, -0.25) is 4.79 Å². The molecule has 3 aliphatic rings. The summed E-state index contributed by atoms with van der Waals surface area (Å²) in [7, 11) is 3.36. The monoisotopic (exact) mass is 407 g/mol. The summed E-state index contributed by atoms with van der Waals surface area (Å²) in [6, 6.07) is 5.58. The average molecular weight is 407 g/mol. The molecule has 1 saturated heterocycles. The van der Waals surface area contributed by atoms with Gasteiger partial charge in [0.05, 0.1) is 31.1 Å². The summed E-state index contributed by atoms with van der Waals surface area (Å²) in [4.78, 5) is 21.6. The van der Waals surface area contributed by atoms with Gasteiger partial charge < -0.3 is 25.0 Å². The topological polar surface area (TPSA) is 119 Å². The van der Waals surface area contributed by atoms with Crippen LogP contribution in [0.5, 0.6) is 0 Å². The largest absolute Gasteiger partial charge is 0.388 e. The Hall–Kier alpha value is -3.50. The lowest BCUT2D eigenvalue weighted by Crippen LogP contribution is -2.23. The molecule has 10 nitrogen and oxygen atoms in total. The summed E-state index contributed by atoms with van der Waals surface area (Å²) in [5.74, 6) is 1.19. The Labute approximate surface area is 171 Å². The van der Waals surface area contributed by atoms with Crippen molar-refractivity contribution in [3.63, 3.8) is 0 Å².